The maximum absolute atomic E-state index is 4.41. The van der Waals surface area contributed by atoms with Crippen LogP contribution in [0, 0.1) is 0 Å². The predicted octanol–water partition coefficient (Wildman–Crippen LogP) is 3.52. The van der Waals surface area contributed by atoms with Crippen LogP contribution in [0.3, 0.4) is 0 Å². The standard InChI is InChI=1S/C10H17BrN2/c1-7(2)13-8(10(3,4)5)6-9(11)12-13/h6-7H,1-5H3. The van der Waals surface area contributed by atoms with Crippen LogP contribution < -0.4 is 0 Å². The van der Waals surface area contributed by atoms with Crippen molar-refractivity contribution in [3.05, 3.63) is 16.4 Å². The molecular weight excluding hydrogens is 228 g/mol. The topological polar surface area (TPSA) is 17.8 Å². The van der Waals surface area contributed by atoms with Crippen LogP contribution >= 0.6 is 15.9 Å². The fraction of sp³-hybridized carbons (Fsp3) is 0.700. The van der Waals surface area contributed by atoms with Crippen molar-refractivity contribution in [1.82, 2.24) is 9.78 Å². The Morgan fingerprint density at radius 1 is 1.38 bits per heavy atom. The van der Waals surface area contributed by atoms with E-state index in [1.807, 2.05) is 0 Å². The minimum atomic E-state index is 0.156. The summed E-state index contributed by atoms with van der Waals surface area (Å²) < 4.78 is 3.00. The third-order valence-corrected chi connectivity index (χ3v) is 2.35. The van der Waals surface area contributed by atoms with Gasteiger partial charge in [-0.05, 0) is 35.8 Å². The fourth-order valence-electron chi connectivity index (χ4n) is 1.32. The summed E-state index contributed by atoms with van der Waals surface area (Å²) in [5.74, 6) is 0. The number of hydrogen-bond donors (Lipinski definition) is 0. The highest BCUT2D eigenvalue weighted by molar-refractivity contribution is 9.10. The van der Waals surface area contributed by atoms with E-state index in [2.05, 4.69) is 66.4 Å². The Morgan fingerprint density at radius 3 is 2.23 bits per heavy atom. The van der Waals surface area contributed by atoms with Gasteiger partial charge in [0.2, 0.25) is 0 Å². The summed E-state index contributed by atoms with van der Waals surface area (Å²) in [5.41, 5.74) is 1.43. The largest absolute Gasteiger partial charge is 0.265 e. The molecule has 1 rings (SSSR count). The van der Waals surface area contributed by atoms with Gasteiger partial charge in [0.05, 0.1) is 0 Å². The molecule has 0 aliphatic rings. The first-order valence-corrected chi connectivity index (χ1v) is 5.37. The van der Waals surface area contributed by atoms with Crippen molar-refractivity contribution in [2.24, 2.45) is 0 Å². The summed E-state index contributed by atoms with van der Waals surface area (Å²) in [6.45, 7) is 10.9. The molecule has 74 valence electrons. The van der Waals surface area contributed by atoms with E-state index in [9.17, 15) is 0 Å². The number of nitrogens with zero attached hydrogens (tertiary/aromatic N) is 2. The van der Waals surface area contributed by atoms with E-state index in [0.717, 1.165) is 4.60 Å². The van der Waals surface area contributed by atoms with E-state index >= 15 is 0 Å². The second-order valence-electron chi connectivity index (χ2n) is 4.64. The molecule has 0 aliphatic carbocycles. The zero-order chi connectivity index (χ0) is 10.2. The highest BCUT2D eigenvalue weighted by Crippen LogP contribution is 2.27. The summed E-state index contributed by atoms with van der Waals surface area (Å²) in [7, 11) is 0. The highest BCUT2D eigenvalue weighted by atomic mass is 79.9. The van der Waals surface area contributed by atoms with Crippen molar-refractivity contribution in [1.29, 1.82) is 0 Å². The number of aromatic nitrogens is 2. The molecule has 0 aliphatic heterocycles. The predicted molar refractivity (Wildman–Crippen MR) is 59.0 cm³/mol. The molecule has 0 amide bonds. The smallest absolute Gasteiger partial charge is 0.128 e. The third-order valence-electron chi connectivity index (χ3n) is 1.96. The molecule has 0 spiro atoms. The maximum atomic E-state index is 4.41. The van der Waals surface area contributed by atoms with Gasteiger partial charge < -0.3 is 0 Å². The van der Waals surface area contributed by atoms with E-state index in [4.69, 9.17) is 0 Å². The maximum Gasteiger partial charge on any atom is 0.128 e. The Labute approximate surface area is 88.5 Å². The first-order valence-electron chi connectivity index (χ1n) is 4.58. The summed E-state index contributed by atoms with van der Waals surface area (Å²) in [6, 6.07) is 2.51. The van der Waals surface area contributed by atoms with Crippen LogP contribution in [-0.2, 0) is 5.41 Å². The molecule has 0 bridgehead atoms. The molecular formula is C10H17BrN2. The molecule has 1 heterocycles. The van der Waals surface area contributed by atoms with Gasteiger partial charge in [-0.2, -0.15) is 5.10 Å². The van der Waals surface area contributed by atoms with Crippen LogP contribution in [0.2, 0.25) is 0 Å². The molecule has 0 atom stereocenters. The lowest BCUT2D eigenvalue weighted by molar-refractivity contribution is 0.445. The lowest BCUT2D eigenvalue weighted by atomic mass is 9.92. The molecule has 1 aromatic heterocycles. The fourth-order valence-corrected chi connectivity index (χ4v) is 1.71. The van der Waals surface area contributed by atoms with Gasteiger partial charge in [-0.15, -0.1) is 0 Å². The Kier molecular flexibility index (Phi) is 2.85. The number of hydrogen-bond acceptors (Lipinski definition) is 1. The van der Waals surface area contributed by atoms with Crippen LogP contribution in [0.15, 0.2) is 10.7 Å². The van der Waals surface area contributed by atoms with Crippen molar-refractivity contribution < 1.29 is 0 Å². The number of rotatable bonds is 1. The monoisotopic (exact) mass is 244 g/mol. The Hall–Kier alpha value is -0.310. The van der Waals surface area contributed by atoms with Gasteiger partial charge in [0, 0.05) is 17.2 Å². The van der Waals surface area contributed by atoms with E-state index in [1.165, 1.54) is 5.69 Å². The molecule has 0 fully saturated rings. The van der Waals surface area contributed by atoms with Crippen molar-refractivity contribution in [2.45, 2.75) is 46.1 Å². The molecule has 0 saturated carbocycles. The van der Waals surface area contributed by atoms with E-state index in [-0.39, 0.29) is 5.41 Å². The lowest BCUT2D eigenvalue weighted by Crippen LogP contribution is -2.19. The Balaban J connectivity index is 3.20. The summed E-state index contributed by atoms with van der Waals surface area (Å²) in [6.07, 6.45) is 0. The van der Waals surface area contributed by atoms with Crippen LogP contribution in [0.4, 0.5) is 0 Å². The van der Waals surface area contributed by atoms with Crippen molar-refractivity contribution in [3.8, 4) is 0 Å². The molecule has 3 heteroatoms. The summed E-state index contributed by atoms with van der Waals surface area (Å²) >= 11 is 3.41. The minimum Gasteiger partial charge on any atom is -0.265 e. The molecule has 2 nitrogen and oxygen atoms in total. The van der Waals surface area contributed by atoms with Gasteiger partial charge in [-0.3, -0.25) is 4.68 Å². The molecule has 0 radical (unpaired) electrons. The average Bonchev–Trinajstić information content (AvgIpc) is 2.29. The van der Waals surface area contributed by atoms with Gasteiger partial charge in [0.25, 0.3) is 0 Å². The molecule has 0 saturated heterocycles. The van der Waals surface area contributed by atoms with Crippen molar-refractivity contribution in [2.75, 3.05) is 0 Å². The molecule has 0 aromatic carbocycles. The van der Waals surface area contributed by atoms with Crippen molar-refractivity contribution in [3.63, 3.8) is 0 Å². The SMILES string of the molecule is CC(C)n1nc(Br)cc1C(C)(C)C. The van der Waals surface area contributed by atoms with E-state index in [0.29, 0.717) is 6.04 Å². The summed E-state index contributed by atoms with van der Waals surface area (Å²) in [5, 5.41) is 4.41. The van der Waals surface area contributed by atoms with Gasteiger partial charge in [0.15, 0.2) is 0 Å². The molecule has 0 unspecified atom stereocenters. The van der Waals surface area contributed by atoms with Crippen LogP contribution in [0.5, 0.6) is 0 Å². The lowest BCUT2D eigenvalue weighted by Gasteiger charge is -2.21. The van der Waals surface area contributed by atoms with Crippen LogP contribution in [0.1, 0.15) is 46.4 Å². The number of halogens is 1. The zero-order valence-electron chi connectivity index (χ0n) is 8.93. The van der Waals surface area contributed by atoms with Crippen LogP contribution in [-0.4, -0.2) is 9.78 Å². The Bertz CT molecular complexity index is 294. The molecule has 1 aromatic rings. The van der Waals surface area contributed by atoms with Gasteiger partial charge in [-0.25, -0.2) is 0 Å². The van der Waals surface area contributed by atoms with Crippen LogP contribution in [0.25, 0.3) is 0 Å². The minimum absolute atomic E-state index is 0.156. The quantitative estimate of drug-likeness (QED) is 0.740. The summed E-state index contributed by atoms with van der Waals surface area (Å²) in [4.78, 5) is 0. The average molecular weight is 245 g/mol. The van der Waals surface area contributed by atoms with Gasteiger partial charge in [-0.1, -0.05) is 20.8 Å². The zero-order valence-corrected chi connectivity index (χ0v) is 10.5. The van der Waals surface area contributed by atoms with E-state index in [1.54, 1.807) is 0 Å². The van der Waals surface area contributed by atoms with E-state index < -0.39 is 0 Å². The second-order valence-corrected chi connectivity index (χ2v) is 5.45. The Morgan fingerprint density at radius 2 is 1.92 bits per heavy atom. The first kappa shape index (κ1) is 10.8. The molecule has 13 heavy (non-hydrogen) atoms. The normalized spacial score (nSPS) is 12.5. The third kappa shape index (κ3) is 2.33. The van der Waals surface area contributed by atoms with Gasteiger partial charge in [0.1, 0.15) is 4.60 Å². The second kappa shape index (κ2) is 3.45. The van der Waals surface area contributed by atoms with Crippen molar-refractivity contribution >= 4 is 15.9 Å². The highest BCUT2D eigenvalue weighted by Gasteiger charge is 2.21. The first-order chi connectivity index (χ1) is 5.82. The van der Waals surface area contributed by atoms with Gasteiger partial charge >= 0.3 is 0 Å². The molecule has 0 N–H and O–H groups in total.